The highest BCUT2D eigenvalue weighted by Gasteiger charge is 2.36. The summed E-state index contributed by atoms with van der Waals surface area (Å²) in [4.78, 5) is 10.8. The minimum Gasteiger partial charge on any atom is -0.507 e. The topological polar surface area (TPSA) is 46.5 Å². The van der Waals surface area contributed by atoms with E-state index in [0.29, 0.717) is 10.8 Å². The third kappa shape index (κ3) is 4.76. The number of benzene rings is 2. The van der Waals surface area contributed by atoms with Crippen molar-refractivity contribution < 1.29 is 27.8 Å². The van der Waals surface area contributed by atoms with Gasteiger partial charge >= 0.3 is 6.18 Å². The van der Waals surface area contributed by atoms with Gasteiger partial charge in [0.1, 0.15) is 18.1 Å². The molecular formula is C17H12ClF3O3. The smallest absolute Gasteiger partial charge is 0.454 e. The molecule has 0 unspecified atom stereocenters. The van der Waals surface area contributed by atoms with Crippen molar-refractivity contribution in [3.63, 3.8) is 0 Å². The van der Waals surface area contributed by atoms with Crippen LogP contribution in [0.1, 0.15) is 11.1 Å². The highest BCUT2D eigenvalue weighted by atomic mass is 35.5. The lowest BCUT2D eigenvalue weighted by atomic mass is 10.1. The molecule has 0 saturated heterocycles. The summed E-state index contributed by atoms with van der Waals surface area (Å²) < 4.78 is 42.0. The summed E-state index contributed by atoms with van der Waals surface area (Å²) in [5.74, 6) is -2.46. The second kappa shape index (κ2) is 7.40. The van der Waals surface area contributed by atoms with Gasteiger partial charge in [0.25, 0.3) is 5.78 Å². The van der Waals surface area contributed by atoms with Crippen LogP contribution in [0, 0.1) is 0 Å². The standard InChI is InChI=1S/C17H12ClF3O3/c18-14-4-2-1-3-12(14)10-24-13-7-5-11(6-8-13)15(22)9-16(23)17(19,20)21/h1-9,22H,10H2/b15-9-. The third-order valence-electron chi connectivity index (χ3n) is 3.05. The van der Waals surface area contributed by atoms with Gasteiger partial charge in [0.05, 0.1) is 0 Å². The van der Waals surface area contributed by atoms with Gasteiger partial charge in [-0.25, -0.2) is 0 Å². The number of rotatable bonds is 5. The van der Waals surface area contributed by atoms with Crippen LogP contribution >= 0.6 is 11.6 Å². The van der Waals surface area contributed by atoms with Gasteiger partial charge in [0, 0.05) is 22.2 Å². The summed E-state index contributed by atoms with van der Waals surface area (Å²) in [7, 11) is 0. The molecule has 7 heteroatoms. The van der Waals surface area contributed by atoms with E-state index < -0.39 is 17.7 Å². The summed E-state index contributed by atoms with van der Waals surface area (Å²) >= 11 is 6.00. The Labute approximate surface area is 140 Å². The van der Waals surface area contributed by atoms with Crippen LogP contribution in [0.5, 0.6) is 5.75 Å². The lowest BCUT2D eigenvalue weighted by Crippen LogP contribution is -2.20. The lowest BCUT2D eigenvalue weighted by Gasteiger charge is -2.08. The summed E-state index contributed by atoms with van der Waals surface area (Å²) in [6, 6.07) is 12.8. The van der Waals surface area contributed by atoms with Crippen LogP contribution in [0.25, 0.3) is 5.76 Å². The van der Waals surface area contributed by atoms with Crippen molar-refractivity contribution in [1.82, 2.24) is 0 Å². The van der Waals surface area contributed by atoms with E-state index in [-0.39, 0.29) is 18.2 Å². The van der Waals surface area contributed by atoms with Crippen molar-refractivity contribution in [3.8, 4) is 5.75 Å². The molecule has 24 heavy (non-hydrogen) atoms. The number of hydrogen-bond donors (Lipinski definition) is 1. The number of carbonyl (C=O) groups is 1. The van der Waals surface area contributed by atoms with Crippen molar-refractivity contribution in [1.29, 1.82) is 0 Å². The second-order valence-corrected chi connectivity index (χ2v) is 5.20. The van der Waals surface area contributed by atoms with E-state index in [1.54, 1.807) is 18.2 Å². The molecule has 0 atom stereocenters. The Kier molecular flexibility index (Phi) is 5.51. The van der Waals surface area contributed by atoms with Crippen LogP contribution in [-0.2, 0) is 11.4 Å². The van der Waals surface area contributed by atoms with Crippen LogP contribution in [0.3, 0.4) is 0 Å². The van der Waals surface area contributed by atoms with Crippen LogP contribution in [0.2, 0.25) is 5.02 Å². The molecule has 0 bridgehead atoms. The van der Waals surface area contributed by atoms with Crippen LogP contribution in [0.4, 0.5) is 13.2 Å². The summed E-state index contributed by atoms with van der Waals surface area (Å²) in [6.45, 7) is 0.216. The zero-order valence-electron chi connectivity index (χ0n) is 12.2. The number of halogens is 4. The molecule has 3 nitrogen and oxygen atoms in total. The first-order valence-electron chi connectivity index (χ1n) is 6.76. The summed E-state index contributed by atoms with van der Waals surface area (Å²) in [6.07, 6.45) is -4.88. The Morgan fingerprint density at radius 2 is 1.75 bits per heavy atom. The van der Waals surface area contributed by atoms with Crippen LogP contribution in [-0.4, -0.2) is 17.1 Å². The van der Waals surface area contributed by atoms with E-state index in [1.165, 1.54) is 24.3 Å². The molecule has 1 N–H and O–H groups in total. The molecular weight excluding hydrogens is 345 g/mol. The number of aliphatic hydroxyl groups is 1. The monoisotopic (exact) mass is 356 g/mol. The average molecular weight is 357 g/mol. The Bertz CT molecular complexity index is 752. The van der Waals surface area contributed by atoms with Gasteiger partial charge in [-0.1, -0.05) is 29.8 Å². The van der Waals surface area contributed by atoms with Gasteiger partial charge in [0.15, 0.2) is 0 Å². The minimum absolute atomic E-state index is 0.0673. The van der Waals surface area contributed by atoms with Crippen molar-refractivity contribution in [2.24, 2.45) is 0 Å². The fourth-order valence-electron chi connectivity index (χ4n) is 1.79. The maximum atomic E-state index is 12.1. The number of alkyl halides is 3. The van der Waals surface area contributed by atoms with Crippen molar-refractivity contribution in [2.75, 3.05) is 0 Å². The fraction of sp³-hybridized carbons (Fsp3) is 0.118. The zero-order chi connectivity index (χ0) is 17.7. The minimum atomic E-state index is -5.02. The second-order valence-electron chi connectivity index (χ2n) is 4.80. The lowest BCUT2D eigenvalue weighted by molar-refractivity contribution is -0.165. The SMILES string of the molecule is O=C(/C=C(\O)c1ccc(OCc2ccccc2Cl)cc1)C(F)(F)F. The van der Waals surface area contributed by atoms with Gasteiger partial charge in [0.2, 0.25) is 0 Å². The number of allylic oxidation sites excluding steroid dienone is 1. The highest BCUT2D eigenvalue weighted by molar-refractivity contribution is 6.31. The molecule has 0 aromatic heterocycles. The van der Waals surface area contributed by atoms with E-state index >= 15 is 0 Å². The maximum absolute atomic E-state index is 12.1. The fourth-order valence-corrected chi connectivity index (χ4v) is 1.98. The van der Waals surface area contributed by atoms with Gasteiger partial charge in [-0.15, -0.1) is 0 Å². The number of hydrogen-bond acceptors (Lipinski definition) is 3. The Morgan fingerprint density at radius 1 is 1.12 bits per heavy atom. The number of carbonyl (C=O) groups excluding carboxylic acids is 1. The van der Waals surface area contributed by atoms with Crippen molar-refractivity contribution >= 4 is 23.1 Å². The van der Waals surface area contributed by atoms with Crippen LogP contribution < -0.4 is 4.74 Å². The Hall–Kier alpha value is -2.47. The first-order chi connectivity index (χ1) is 11.3. The molecule has 0 heterocycles. The third-order valence-corrected chi connectivity index (χ3v) is 3.42. The molecule has 126 valence electrons. The molecule has 0 amide bonds. The largest absolute Gasteiger partial charge is 0.507 e. The molecule has 0 saturated carbocycles. The molecule has 2 aromatic carbocycles. The molecule has 0 radical (unpaired) electrons. The van der Waals surface area contributed by atoms with Gasteiger partial charge in [-0.3, -0.25) is 4.79 Å². The van der Waals surface area contributed by atoms with Gasteiger partial charge in [-0.2, -0.15) is 13.2 Å². The Morgan fingerprint density at radius 3 is 2.33 bits per heavy atom. The zero-order valence-corrected chi connectivity index (χ0v) is 12.9. The predicted octanol–water partition coefficient (Wildman–Crippen LogP) is 4.95. The van der Waals surface area contributed by atoms with E-state index in [0.717, 1.165) is 5.56 Å². The molecule has 2 aromatic rings. The highest BCUT2D eigenvalue weighted by Crippen LogP contribution is 2.22. The Balaban J connectivity index is 2.04. The van der Waals surface area contributed by atoms with E-state index in [1.807, 2.05) is 6.07 Å². The van der Waals surface area contributed by atoms with Crippen molar-refractivity contribution in [2.45, 2.75) is 12.8 Å². The van der Waals surface area contributed by atoms with E-state index in [4.69, 9.17) is 16.3 Å². The molecule has 0 aliphatic carbocycles. The summed E-state index contributed by atoms with van der Waals surface area (Å²) in [5.41, 5.74) is 0.847. The number of aliphatic hydroxyl groups excluding tert-OH is 1. The predicted molar refractivity (Wildman–Crippen MR) is 83.9 cm³/mol. The average Bonchev–Trinajstić information content (AvgIpc) is 2.53. The van der Waals surface area contributed by atoms with Gasteiger partial charge < -0.3 is 9.84 Å². The van der Waals surface area contributed by atoms with Crippen LogP contribution in [0.15, 0.2) is 54.6 Å². The molecule has 2 rings (SSSR count). The quantitative estimate of drug-likeness (QED) is 0.609. The molecule has 0 fully saturated rings. The summed E-state index contributed by atoms with van der Waals surface area (Å²) in [5, 5.41) is 10.1. The van der Waals surface area contributed by atoms with Gasteiger partial charge in [-0.05, 0) is 30.3 Å². The molecule has 0 aliphatic rings. The number of ketones is 1. The molecule has 0 aliphatic heterocycles. The normalized spacial score (nSPS) is 12.1. The van der Waals surface area contributed by atoms with E-state index in [2.05, 4.69) is 0 Å². The van der Waals surface area contributed by atoms with E-state index in [9.17, 15) is 23.1 Å². The number of ether oxygens (including phenoxy) is 1. The van der Waals surface area contributed by atoms with Crippen molar-refractivity contribution in [3.05, 3.63) is 70.8 Å². The maximum Gasteiger partial charge on any atom is 0.454 e. The first-order valence-corrected chi connectivity index (χ1v) is 7.13. The first kappa shape index (κ1) is 17.9. The molecule has 0 spiro atoms.